The smallest absolute Gasteiger partial charge is 0.235 e. The summed E-state index contributed by atoms with van der Waals surface area (Å²) in [4.78, 5) is 11.5. The summed E-state index contributed by atoms with van der Waals surface area (Å²) in [5.41, 5.74) is 9.21. The van der Waals surface area contributed by atoms with E-state index in [2.05, 4.69) is 337 Å². The summed E-state index contributed by atoms with van der Waals surface area (Å²) in [5.74, 6) is 0.610. The first-order valence-corrected chi connectivity index (χ1v) is 32.1. The normalized spacial score (nSPS) is 11.9. The number of nitrogens with zero attached hydrogens (tertiary/aromatic N) is 4. The zero-order valence-electron chi connectivity index (χ0n) is 45.0. The Balaban J connectivity index is 0.980. The van der Waals surface area contributed by atoms with Gasteiger partial charge in [0.2, 0.25) is 5.95 Å². The minimum atomic E-state index is -2.80. The molecule has 0 radical (unpaired) electrons. The molecule has 0 N–H and O–H groups in total. The first kappa shape index (κ1) is 48.8. The second-order valence-corrected chi connectivity index (χ2v) is 28.8. The standard InChI is InChI=1S/C76H54N4Si2/c1-8-26-57(27-9-1)79-72-43-25-23-41-68(72)74-73(79)53-52-67-66-40-22-24-42-71(66)80(75(67)74)76-77-69(55-44-48-64(49-45-55)81(58-28-10-2-11-29-58,59-30-12-3-13-31-59)60-32-14-4-15-33-60)54-70(78-76)56-46-50-65(51-47-56)82(61-34-16-5-17-35-61,62-36-18-6-19-37-62)63-38-20-7-21-39-63/h1-54H. The van der Waals surface area contributed by atoms with Crippen LogP contribution in [0.1, 0.15) is 0 Å². The molecule has 0 saturated carbocycles. The van der Waals surface area contributed by atoms with E-state index in [9.17, 15) is 0 Å². The van der Waals surface area contributed by atoms with Crippen LogP contribution in [0.3, 0.4) is 0 Å². The number of benzene rings is 12. The van der Waals surface area contributed by atoms with Gasteiger partial charge in [-0.05, 0) is 77.9 Å². The fourth-order valence-electron chi connectivity index (χ4n) is 13.3. The maximum atomic E-state index is 5.73. The monoisotopic (exact) mass is 1080 g/mol. The zero-order valence-corrected chi connectivity index (χ0v) is 47.0. The fraction of sp³-hybridized carbons (Fsp3) is 0. The molecule has 4 nitrogen and oxygen atoms in total. The molecule has 0 unspecified atom stereocenters. The van der Waals surface area contributed by atoms with Crippen molar-refractivity contribution in [3.05, 3.63) is 328 Å². The van der Waals surface area contributed by atoms with Crippen LogP contribution in [0, 0.1) is 0 Å². The topological polar surface area (TPSA) is 35.6 Å². The first-order valence-electron chi connectivity index (χ1n) is 28.1. The summed E-state index contributed by atoms with van der Waals surface area (Å²) in [6.07, 6.45) is 0. The Morgan fingerprint density at radius 2 is 0.573 bits per heavy atom. The highest BCUT2D eigenvalue weighted by molar-refractivity contribution is 7.20. The average Bonchev–Trinajstić information content (AvgIpc) is 3.41. The molecule has 0 aliphatic carbocycles. The van der Waals surface area contributed by atoms with Crippen LogP contribution in [0.15, 0.2) is 328 Å². The highest BCUT2D eigenvalue weighted by Gasteiger charge is 2.43. The summed E-state index contributed by atoms with van der Waals surface area (Å²) < 4.78 is 4.73. The third kappa shape index (κ3) is 7.86. The Morgan fingerprint density at radius 3 is 0.976 bits per heavy atom. The summed E-state index contributed by atoms with van der Waals surface area (Å²) in [6.45, 7) is 0. The largest absolute Gasteiger partial charge is 0.309 e. The van der Waals surface area contributed by atoms with E-state index in [0.29, 0.717) is 5.95 Å². The molecule has 0 spiro atoms. The molecule has 15 aromatic rings. The minimum Gasteiger partial charge on any atom is -0.309 e. The molecule has 82 heavy (non-hydrogen) atoms. The van der Waals surface area contributed by atoms with Gasteiger partial charge in [0, 0.05) is 38.4 Å². The van der Waals surface area contributed by atoms with Crippen LogP contribution in [0.5, 0.6) is 0 Å². The van der Waals surface area contributed by atoms with Gasteiger partial charge in [-0.3, -0.25) is 4.57 Å². The second kappa shape index (κ2) is 20.4. The summed E-state index contributed by atoms with van der Waals surface area (Å²) in [5, 5.41) is 15.2. The van der Waals surface area contributed by atoms with Gasteiger partial charge in [0.1, 0.15) is 0 Å². The van der Waals surface area contributed by atoms with Gasteiger partial charge in [0.15, 0.2) is 16.1 Å². The van der Waals surface area contributed by atoms with Gasteiger partial charge in [0.05, 0.1) is 33.5 Å². The van der Waals surface area contributed by atoms with E-state index in [4.69, 9.17) is 9.97 Å². The van der Waals surface area contributed by atoms with Gasteiger partial charge in [-0.1, -0.05) is 291 Å². The molecule has 0 aliphatic rings. The van der Waals surface area contributed by atoms with Gasteiger partial charge in [-0.15, -0.1) is 0 Å². The molecule has 0 saturated heterocycles. The van der Waals surface area contributed by atoms with Gasteiger partial charge < -0.3 is 4.57 Å². The van der Waals surface area contributed by atoms with Crippen molar-refractivity contribution in [2.24, 2.45) is 0 Å². The highest BCUT2D eigenvalue weighted by Crippen LogP contribution is 2.42. The average molecular weight is 1080 g/mol. The van der Waals surface area contributed by atoms with Crippen molar-refractivity contribution < 1.29 is 0 Å². The van der Waals surface area contributed by atoms with E-state index in [0.717, 1.165) is 66.4 Å². The Kier molecular flexibility index (Phi) is 12.2. The van der Waals surface area contributed by atoms with E-state index < -0.39 is 16.1 Å². The number of rotatable bonds is 12. The molecule has 6 heteroatoms. The van der Waals surface area contributed by atoms with Crippen molar-refractivity contribution in [1.82, 2.24) is 19.1 Å². The van der Waals surface area contributed by atoms with Crippen molar-refractivity contribution in [3.63, 3.8) is 0 Å². The Morgan fingerprint density at radius 1 is 0.244 bits per heavy atom. The van der Waals surface area contributed by atoms with Gasteiger partial charge in [0.25, 0.3) is 0 Å². The quantitative estimate of drug-likeness (QED) is 0.0903. The van der Waals surface area contributed by atoms with E-state index in [1.807, 2.05) is 0 Å². The van der Waals surface area contributed by atoms with Crippen molar-refractivity contribution in [2.75, 3.05) is 0 Å². The van der Waals surface area contributed by atoms with E-state index in [1.54, 1.807) is 0 Å². The lowest BCUT2D eigenvalue weighted by Crippen LogP contribution is -2.74. The number of aromatic nitrogens is 4. The SMILES string of the molecule is c1ccc(-n2c3ccccc3c3c2ccc2c4ccccc4n(-c4nc(-c5ccc([Si](c6ccccc6)(c6ccccc6)c6ccccc6)cc5)cc(-c5ccc([Si](c6ccccc6)(c6ccccc6)c6ccccc6)cc5)n4)c23)cc1. The van der Waals surface area contributed by atoms with E-state index >= 15 is 0 Å². The van der Waals surface area contributed by atoms with Crippen molar-refractivity contribution in [3.8, 4) is 34.2 Å². The van der Waals surface area contributed by atoms with Crippen LogP contribution >= 0.6 is 0 Å². The predicted octanol–water partition coefficient (Wildman–Crippen LogP) is 12.8. The molecule has 0 aliphatic heterocycles. The molecular weight excluding hydrogens is 1030 g/mol. The Labute approximate surface area is 479 Å². The van der Waals surface area contributed by atoms with Gasteiger partial charge in [-0.2, -0.15) is 0 Å². The lowest BCUT2D eigenvalue weighted by atomic mass is 10.1. The van der Waals surface area contributed by atoms with Crippen molar-refractivity contribution in [2.45, 2.75) is 0 Å². The van der Waals surface area contributed by atoms with Crippen molar-refractivity contribution in [1.29, 1.82) is 0 Å². The fourth-order valence-corrected chi connectivity index (χ4v) is 22.8. The highest BCUT2D eigenvalue weighted by atomic mass is 28.3. The maximum absolute atomic E-state index is 5.73. The summed E-state index contributed by atoms with van der Waals surface area (Å²) in [6, 6.07) is 120. The molecule has 15 rings (SSSR count). The molecule has 0 fully saturated rings. The van der Waals surface area contributed by atoms with E-state index in [1.165, 1.54) is 46.9 Å². The van der Waals surface area contributed by atoms with E-state index in [-0.39, 0.29) is 0 Å². The van der Waals surface area contributed by atoms with Crippen LogP contribution < -0.4 is 41.5 Å². The summed E-state index contributed by atoms with van der Waals surface area (Å²) in [7, 11) is -5.61. The van der Waals surface area contributed by atoms with Crippen LogP contribution in [-0.4, -0.2) is 35.2 Å². The zero-order chi connectivity index (χ0) is 54.5. The van der Waals surface area contributed by atoms with Gasteiger partial charge in [-0.25, -0.2) is 9.97 Å². The van der Waals surface area contributed by atoms with Crippen LogP contribution in [-0.2, 0) is 0 Å². The molecule has 12 aromatic carbocycles. The predicted molar refractivity (Wildman–Crippen MR) is 349 cm³/mol. The lowest BCUT2D eigenvalue weighted by Gasteiger charge is -2.34. The molecule has 0 amide bonds. The molecular formula is C76H54N4Si2. The number of para-hydroxylation sites is 3. The number of hydrogen-bond donors (Lipinski definition) is 0. The Bertz CT molecular complexity index is 4360. The molecule has 386 valence electrons. The lowest BCUT2D eigenvalue weighted by molar-refractivity contribution is 0.998. The van der Waals surface area contributed by atoms with Crippen LogP contribution in [0.4, 0.5) is 0 Å². The van der Waals surface area contributed by atoms with Crippen LogP contribution in [0.2, 0.25) is 0 Å². The maximum Gasteiger partial charge on any atom is 0.235 e. The van der Waals surface area contributed by atoms with Crippen LogP contribution in [0.25, 0.3) is 77.8 Å². The van der Waals surface area contributed by atoms with Crippen molar-refractivity contribution >= 4 is 101 Å². The number of hydrogen-bond acceptors (Lipinski definition) is 2. The minimum absolute atomic E-state index is 0.610. The molecule has 0 bridgehead atoms. The third-order valence-electron chi connectivity index (χ3n) is 16.9. The molecule has 3 aromatic heterocycles. The summed E-state index contributed by atoms with van der Waals surface area (Å²) >= 11 is 0. The Hall–Kier alpha value is -10.2. The second-order valence-electron chi connectivity index (χ2n) is 21.2. The van der Waals surface area contributed by atoms with Gasteiger partial charge >= 0.3 is 0 Å². The first-order chi connectivity index (χ1) is 40.7. The number of fused-ring (bicyclic) bond motifs is 7. The molecule has 3 heterocycles. The molecule has 0 atom stereocenters. The third-order valence-corrected chi connectivity index (χ3v) is 26.5.